The maximum absolute atomic E-state index is 12.2. The first-order valence-corrected chi connectivity index (χ1v) is 8.95. The van der Waals surface area contributed by atoms with Gasteiger partial charge in [-0.15, -0.1) is 11.3 Å². The summed E-state index contributed by atoms with van der Waals surface area (Å²) in [6.45, 7) is 6.07. The predicted molar refractivity (Wildman–Crippen MR) is 88.3 cm³/mol. The largest absolute Gasteiger partial charge is 0.452 e. The molecule has 0 aromatic carbocycles. The molecule has 0 saturated carbocycles. The zero-order valence-electron chi connectivity index (χ0n) is 13.6. The third-order valence-electron chi connectivity index (χ3n) is 4.09. The average Bonchev–Trinajstić information content (AvgIpc) is 2.87. The summed E-state index contributed by atoms with van der Waals surface area (Å²) in [5, 5.41) is 4.71. The van der Waals surface area contributed by atoms with Crippen molar-refractivity contribution in [3.05, 3.63) is 21.4 Å². The van der Waals surface area contributed by atoms with E-state index in [0.29, 0.717) is 11.5 Å². The van der Waals surface area contributed by atoms with E-state index in [1.807, 2.05) is 12.3 Å². The van der Waals surface area contributed by atoms with Gasteiger partial charge in [0.1, 0.15) is 0 Å². The van der Waals surface area contributed by atoms with Crippen LogP contribution < -0.4 is 5.32 Å². The highest BCUT2D eigenvalue weighted by Gasteiger charge is 2.24. The van der Waals surface area contributed by atoms with Gasteiger partial charge in [0.25, 0.3) is 5.91 Å². The summed E-state index contributed by atoms with van der Waals surface area (Å²) in [5.41, 5.74) is 1.79. The smallest absolute Gasteiger partial charge is 0.339 e. The first-order chi connectivity index (χ1) is 10.5. The van der Waals surface area contributed by atoms with Crippen LogP contribution in [0.1, 0.15) is 60.8 Å². The van der Waals surface area contributed by atoms with E-state index >= 15 is 0 Å². The molecule has 0 unspecified atom stereocenters. The van der Waals surface area contributed by atoms with E-state index < -0.39 is 0 Å². The van der Waals surface area contributed by atoms with Crippen LogP contribution in [0.4, 0.5) is 0 Å². The molecule has 1 aliphatic carbocycles. The van der Waals surface area contributed by atoms with Crippen molar-refractivity contribution >= 4 is 23.2 Å². The van der Waals surface area contributed by atoms with Gasteiger partial charge in [0.05, 0.1) is 5.56 Å². The molecule has 0 fully saturated rings. The normalized spacial score (nSPS) is 18.4. The molecule has 1 N–H and O–H groups in total. The molecule has 4 nitrogen and oxygen atoms in total. The molecule has 0 aliphatic heterocycles. The molecule has 1 aromatic heterocycles. The van der Waals surface area contributed by atoms with Crippen molar-refractivity contribution in [2.45, 2.75) is 58.9 Å². The van der Waals surface area contributed by atoms with Crippen LogP contribution in [0.5, 0.6) is 0 Å². The first-order valence-electron chi connectivity index (χ1n) is 8.07. The Kier molecular flexibility index (Phi) is 6.00. The lowest BCUT2D eigenvalue weighted by molar-refractivity contribution is -0.124. The van der Waals surface area contributed by atoms with Crippen LogP contribution in [-0.2, 0) is 22.4 Å². The van der Waals surface area contributed by atoms with Crippen LogP contribution in [-0.4, -0.2) is 24.5 Å². The number of fused-ring (bicyclic) bond motifs is 1. The Morgan fingerprint density at radius 3 is 3.00 bits per heavy atom. The molecule has 0 spiro atoms. The molecule has 0 saturated heterocycles. The summed E-state index contributed by atoms with van der Waals surface area (Å²) in [5.74, 6) is 0.0817. The third kappa shape index (κ3) is 4.32. The minimum Gasteiger partial charge on any atom is -0.452 e. The van der Waals surface area contributed by atoms with Crippen LogP contribution in [0, 0.1) is 5.92 Å². The number of ether oxygens (including phenoxy) is 1. The fourth-order valence-electron chi connectivity index (χ4n) is 2.88. The van der Waals surface area contributed by atoms with Crippen LogP contribution in [0.25, 0.3) is 0 Å². The van der Waals surface area contributed by atoms with Crippen molar-refractivity contribution in [1.82, 2.24) is 5.32 Å². The van der Waals surface area contributed by atoms with Crippen molar-refractivity contribution in [2.75, 3.05) is 6.61 Å². The summed E-state index contributed by atoms with van der Waals surface area (Å²) in [7, 11) is 0. The Bertz CT molecular complexity index is 538. The summed E-state index contributed by atoms with van der Waals surface area (Å²) < 4.78 is 5.18. The number of carbonyl (C=O) groups excluding carboxylic acids is 2. The lowest BCUT2D eigenvalue weighted by atomic mass is 9.88. The van der Waals surface area contributed by atoms with Gasteiger partial charge in [-0.2, -0.15) is 0 Å². The predicted octanol–water partition coefficient (Wildman–Crippen LogP) is 3.33. The number of rotatable bonds is 6. The maximum atomic E-state index is 12.2. The molecule has 2 atom stereocenters. The molecule has 1 aliphatic rings. The molecular formula is C17H25NO3S. The fraction of sp³-hybridized carbons (Fsp3) is 0.647. The van der Waals surface area contributed by atoms with Gasteiger partial charge in [0.15, 0.2) is 6.61 Å². The Hall–Kier alpha value is -1.36. The number of hydrogen-bond acceptors (Lipinski definition) is 4. The van der Waals surface area contributed by atoms with E-state index in [1.54, 1.807) is 11.3 Å². The number of hydrogen-bond donors (Lipinski definition) is 1. The van der Waals surface area contributed by atoms with Crippen molar-refractivity contribution in [3.63, 3.8) is 0 Å². The van der Waals surface area contributed by atoms with Crippen molar-refractivity contribution in [3.8, 4) is 0 Å². The average molecular weight is 323 g/mol. The molecule has 1 amide bonds. The Morgan fingerprint density at radius 2 is 2.27 bits per heavy atom. The Balaban J connectivity index is 1.87. The standard InChI is InChI=1S/C17H25NO3S/c1-4-5-12(3)18-16(19)9-21-17(20)14-10-22-15-8-11(2)6-7-13(14)15/h10-12H,4-9H2,1-3H3,(H,18,19)/t11-,12-/m1/s1. The van der Waals surface area contributed by atoms with Gasteiger partial charge < -0.3 is 10.1 Å². The highest BCUT2D eigenvalue weighted by Crippen LogP contribution is 2.33. The van der Waals surface area contributed by atoms with Crippen molar-refractivity contribution in [2.24, 2.45) is 5.92 Å². The summed E-state index contributed by atoms with van der Waals surface area (Å²) >= 11 is 1.63. The third-order valence-corrected chi connectivity index (χ3v) is 5.14. The van der Waals surface area contributed by atoms with Gasteiger partial charge >= 0.3 is 5.97 Å². The molecule has 0 radical (unpaired) electrons. The fourth-order valence-corrected chi connectivity index (χ4v) is 4.11. The van der Waals surface area contributed by atoms with Gasteiger partial charge in [-0.05, 0) is 44.1 Å². The summed E-state index contributed by atoms with van der Waals surface area (Å²) in [6.07, 6.45) is 5.03. The number of carbonyl (C=O) groups is 2. The van der Waals surface area contributed by atoms with Gasteiger partial charge in [0, 0.05) is 16.3 Å². The number of amides is 1. The molecule has 1 heterocycles. The number of esters is 1. The van der Waals surface area contributed by atoms with Gasteiger partial charge in [-0.3, -0.25) is 4.79 Å². The van der Waals surface area contributed by atoms with Crippen LogP contribution in [0.15, 0.2) is 5.38 Å². The van der Waals surface area contributed by atoms with Crippen LogP contribution in [0.2, 0.25) is 0 Å². The first kappa shape index (κ1) is 17.0. The zero-order chi connectivity index (χ0) is 16.1. The number of thiophene rings is 1. The van der Waals surface area contributed by atoms with Crippen LogP contribution >= 0.6 is 11.3 Å². The topological polar surface area (TPSA) is 55.4 Å². The molecule has 22 heavy (non-hydrogen) atoms. The maximum Gasteiger partial charge on any atom is 0.339 e. The molecule has 0 bridgehead atoms. The molecule has 5 heteroatoms. The minimum atomic E-state index is -0.370. The number of nitrogens with one attached hydrogen (secondary N) is 1. The molecule has 2 rings (SSSR count). The van der Waals surface area contributed by atoms with Crippen LogP contribution in [0.3, 0.4) is 0 Å². The highest BCUT2D eigenvalue weighted by atomic mass is 32.1. The monoisotopic (exact) mass is 323 g/mol. The molecule has 1 aromatic rings. The van der Waals surface area contributed by atoms with Gasteiger partial charge in [0.2, 0.25) is 0 Å². The zero-order valence-corrected chi connectivity index (χ0v) is 14.4. The molecule has 122 valence electrons. The van der Waals surface area contributed by atoms with Crippen molar-refractivity contribution in [1.29, 1.82) is 0 Å². The van der Waals surface area contributed by atoms with E-state index in [-0.39, 0.29) is 24.5 Å². The van der Waals surface area contributed by atoms with E-state index in [4.69, 9.17) is 4.74 Å². The minimum absolute atomic E-state index is 0.117. The molecular weight excluding hydrogens is 298 g/mol. The quantitative estimate of drug-likeness (QED) is 0.817. The Morgan fingerprint density at radius 1 is 1.50 bits per heavy atom. The van der Waals surface area contributed by atoms with E-state index in [2.05, 4.69) is 19.2 Å². The summed E-state index contributed by atoms with van der Waals surface area (Å²) in [6, 6.07) is 0.117. The second kappa shape index (κ2) is 7.77. The van der Waals surface area contributed by atoms with E-state index in [9.17, 15) is 9.59 Å². The lowest BCUT2D eigenvalue weighted by Gasteiger charge is -2.18. The van der Waals surface area contributed by atoms with E-state index in [0.717, 1.165) is 37.7 Å². The SMILES string of the molecule is CCC[C@@H](C)NC(=O)COC(=O)c1csc2c1CC[C@@H](C)C2. The van der Waals surface area contributed by atoms with Gasteiger partial charge in [-0.1, -0.05) is 20.3 Å². The summed E-state index contributed by atoms with van der Waals surface area (Å²) in [4.78, 5) is 25.2. The van der Waals surface area contributed by atoms with E-state index in [1.165, 1.54) is 4.88 Å². The Labute approximate surface area is 136 Å². The van der Waals surface area contributed by atoms with Crippen molar-refractivity contribution < 1.29 is 14.3 Å². The second-order valence-corrected chi connectivity index (χ2v) is 7.20. The lowest BCUT2D eigenvalue weighted by Crippen LogP contribution is -2.35. The van der Waals surface area contributed by atoms with Gasteiger partial charge in [-0.25, -0.2) is 4.79 Å². The highest BCUT2D eigenvalue weighted by molar-refractivity contribution is 7.10. The second-order valence-electron chi connectivity index (χ2n) is 6.23.